The Morgan fingerprint density at radius 1 is 1.46 bits per heavy atom. The highest BCUT2D eigenvalue weighted by Gasteiger charge is 2.11. The molecule has 0 amide bonds. The lowest BCUT2D eigenvalue weighted by Gasteiger charge is -2.02. The van der Waals surface area contributed by atoms with Crippen LogP contribution in [-0.2, 0) is 11.3 Å². The minimum Gasteiger partial charge on any atom is -0.369 e. The van der Waals surface area contributed by atoms with Crippen LogP contribution in [0.2, 0.25) is 0 Å². The first kappa shape index (κ1) is 10.5. The summed E-state index contributed by atoms with van der Waals surface area (Å²) in [6, 6.07) is 0. The average molecular weight is 205 g/mol. The maximum atomic E-state index is 5.75. The number of rotatable bonds is 4. The second kappa shape index (κ2) is 4.58. The number of hydrogen-bond donors (Lipinski definition) is 0. The van der Waals surface area contributed by atoms with Crippen molar-refractivity contribution in [2.75, 3.05) is 0 Å². The number of aromatic nitrogens is 2. The van der Waals surface area contributed by atoms with Gasteiger partial charge in [0.25, 0.3) is 5.89 Å². The summed E-state index contributed by atoms with van der Waals surface area (Å²) in [6.45, 7) is 6.02. The van der Waals surface area contributed by atoms with Crippen molar-refractivity contribution in [3.8, 4) is 0 Å². The Bertz CT molecular complexity index is 260. The highest BCUT2D eigenvalue weighted by Crippen LogP contribution is 2.15. The maximum Gasteiger partial charge on any atom is 0.252 e. The smallest absolute Gasteiger partial charge is 0.252 e. The molecule has 0 saturated heterocycles. The first-order valence-corrected chi connectivity index (χ1v) is 4.61. The molecular weight excluding hydrogens is 192 g/mol. The summed E-state index contributed by atoms with van der Waals surface area (Å²) in [7, 11) is 0. The van der Waals surface area contributed by atoms with Gasteiger partial charge in [-0.15, -0.1) is 11.6 Å². The molecule has 1 atom stereocenters. The molecule has 1 aromatic heterocycles. The topological polar surface area (TPSA) is 48.2 Å². The van der Waals surface area contributed by atoms with Crippen LogP contribution in [0.3, 0.4) is 0 Å². The molecule has 1 rings (SSSR count). The van der Waals surface area contributed by atoms with Crippen LogP contribution in [-0.4, -0.2) is 16.2 Å². The molecule has 0 aliphatic heterocycles. The first-order valence-electron chi connectivity index (χ1n) is 4.17. The summed E-state index contributed by atoms with van der Waals surface area (Å²) in [5.74, 6) is 0.972. The van der Waals surface area contributed by atoms with E-state index in [1.165, 1.54) is 0 Å². The number of nitrogens with zero attached hydrogens (tertiary/aromatic N) is 2. The zero-order chi connectivity index (χ0) is 9.84. The lowest BCUT2D eigenvalue weighted by Crippen LogP contribution is -2.02. The van der Waals surface area contributed by atoms with E-state index in [2.05, 4.69) is 10.1 Å². The zero-order valence-corrected chi connectivity index (χ0v) is 8.71. The van der Waals surface area contributed by atoms with Crippen LogP contribution in [0.25, 0.3) is 0 Å². The van der Waals surface area contributed by atoms with Crippen molar-refractivity contribution < 1.29 is 9.26 Å². The standard InChI is InChI=1S/C8H13ClN2O2/c1-5(2)12-4-7-10-8(6(3)9)11-13-7/h5-6H,4H2,1-3H3. The summed E-state index contributed by atoms with van der Waals surface area (Å²) >= 11 is 5.75. The number of alkyl halides is 1. The normalized spacial score (nSPS) is 13.6. The molecule has 0 fully saturated rings. The highest BCUT2D eigenvalue weighted by atomic mass is 35.5. The van der Waals surface area contributed by atoms with E-state index < -0.39 is 0 Å². The minimum atomic E-state index is -0.225. The van der Waals surface area contributed by atoms with Crippen LogP contribution in [0.4, 0.5) is 0 Å². The predicted octanol–water partition coefficient (Wildman–Crippen LogP) is 2.29. The Balaban J connectivity index is 2.49. The maximum absolute atomic E-state index is 5.75. The summed E-state index contributed by atoms with van der Waals surface area (Å²) in [5.41, 5.74) is 0. The van der Waals surface area contributed by atoms with Gasteiger partial charge in [0.1, 0.15) is 6.61 Å². The van der Waals surface area contributed by atoms with Crippen molar-refractivity contribution in [2.45, 2.75) is 38.9 Å². The van der Waals surface area contributed by atoms with E-state index in [4.69, 9.17) is 20.9 Å². The van der Waals surface area contributed by atoms with Gasteiger partial charge in [0.15, 0.2) is 5.82 Å². The molecule has 0 spiro atoms. The van der Waals surface area contributed by atoms with Gasteiger partial charge in [0, 0.05) is 0 Å². The van der Waals surface area contributed by atoms with Gasteiger partial charge in [-0.25, -0.2) is 0 Å². The number of halogens is 1. The third-order valence-electron chi connectivity index (χ3n) is 1.38. The van der Waals surface area contributed by atoms with Gasteiger partial charge in [-0.3, -0.25) is 0 Å². The molecule has 1 heterocycles. The Morgan fingerprint density at radius 2 is 2.15 bits per heavy atom. The quantitative estimate of drug-likeness (QED) is 0.707. The monoisotopic (exact) mass is 204 g/mol. The lowest BCUT2D eigenvalue weighted by atomic mass is 10.4. The fourth-order valence-electron chi connectivity index (χ4n) is 0.726. The SMILES string of the molecule is CC(C)OCc1nc(C(C)Cl)no1. The van der Waals surface area contributed by atoms with Crippen molar-refractivity contribution in [3.05, 3.63) is 11.7 Å². The third kappa shape index (κ3) is 3.32. The van der Waals surface area contributed by atoms with E-state index in [9.17, 15) is 0 Å². The minimum absolute atomic E-state index is 0.156. The van der Waals surface area contributed by atoms with E-state index in [1.807, 2.05) is 13.8 Å². The van der Waals surface area contributed by atoms with Gasteiger partial charge in [-0.05, 0) is 20.8 Å². The van der Waals surface area contributed by atoms with Crippen molar-refractivity contribution in [2.24, 2.45) is 0 Å². The largest absolute Gasteiger partial charge is 0.369 e. The second-order valence-corrected chi connectivity index (χ2v) is 3.68. The van der Waals surface area contributed by atoms with Gasteiger partial charge in [-0.2, -0.15) is 4.98 Å². The molecule has 0 bridgehead atoms. The molecule has 0 saturated carbocycles. The summed E-state index contributed by atoms with van der Waals surface area (Å²) in [6.07, 6.45) is 0.156. The van der Waals surface area contributed by atoms with Gasteiger partial charge < -0.3 is 9.26 Å². The third-order valence-corrected chi connectivity index (χ3v) is 1.57. The van der Waals surface area contributed by atoms with Crippen molar-refractivity contribution in [3.63, 3.8) is 0 Å². The number of hydrogen-bond acceptors (Lipinski definition) is 4. The van der Waals surface area contributed by atoms with E-state index >= 15 is 0 Å². The molecule has 1 unspecified atom stereocenters. The molecule has 4 nitrogen and oxygen atoms in total. The molecule has 13 heavy (non-hydrogen) atoms. The summed E-state index contributed by atoms with van der Waals surface area (Å²) < 4.78 is 10.2. The van der Waals surface area contributed by atoms with E-state index in [-0.39, 0.29) is 11.5 Å². The molecule has 0 radical (unpaired) electrons. The first-order chi connectivity index (χ1) is 6.09. The van der Waals surface area contributed by atoms with Gasteiger partial charge in [0.2, 0.25) is 0 Å². The molecule has 74 valence electrons. The molecular formula is C8H13ClN2O2. The van der Waals surface area contributed by atoms with E-state index in [0.29, 0.717) is 18.3 Å². The summed E-state index contributed by atoms with van der Waals surface area (Å²) in [5, 5.41) is 3.47. The van der Waals surface area contributed by atoms with Gasteiger partial charge >= 0.3 is 0 Å². The van der Waals surface area contributed by atoms with E-state index in [0.717, 1.165) is 0 Å². The van der Waals surface area contributed by atoms with Gasteiger partial charge in [0.05, 0.1) is 11.5 Å². The highest BCUT2D eigenvalue weighted by molar-refractivity contribution is 6.20. The zero-order valence-electron chi connectivity index (χ0n) is 7.95. The van der Waals surface area contributed by atoms with Crippen molar-refractivity contribution >= 4 is 11.6 Å². The predicted molar refractivity (Wildman–Crippen MR) is 48.5 cm³/mol. The Hall–Kier alpha value is -0.610. The van der Waals surface area contributed by atoms with Crippen LogP contribution in [0.15, 0.2) is 4.52 Å². The Labute approximate surface area is 82.2 Å². The Morgan fingerprint density at radius 3 is 2.62 bits per heavy atom. The molecule has 0 aliphatic rings. The van der Waals surface area contributed by atoms with Crippen molar-refractivity contribution in [1.29, 1.82) is 0 Å². The average Bonchev–Trinajstić information content (AvgIpc) is 2.48. The van der Waals surface area contributed by atoms with Crippen LogP contribution in [0, 0.1) is 0 Å². The van der Waals surface area contributed by atoms with Crippen LogP contribution in [0.5, 0.6) is 0 Å². The Kier molecular flexibility index (Phi) is 3.69. The van der Waals surface area contributed by atoms with Gasteiger partial charge in [-0.1, -0.05) is 5.16 Å². The van der Waals surface area contributed by atoms with Crippen LogP contribution < -0.4 is 0 Å². The fraction of sp³-hybridized carbons (Fsp3) is 0.750. The summed E-state index contributed by atoms with van der Waals surface area (Å²) in [4.78, 5) is 4.05. The molecule has 0 aromatic carbocycles. The molecule has 5 heteroatoms. The number of ether oxygens (including phenoxy) is 1. The van der Waals surface area contributed by atoms with Crippen molar-refractivity contribution in [1.82, 2.24) is 10.1 Å². The second-order valence-electron chi connectivity index (χ2n) is 3.02. The molecule has 1 aromatic rings. The molecule has 0 aliphatic carbocycles. The fourth-order valence-corrected chi connectivity index (χ4v) is 0.815. The van der Waals surface area contributed by atoms with E-state index in [1.54, 1.807) is 6.92 Å². The lowest BCUT2D eigenvalue weighted by molar-refractivity contribution is 0.0485. The molecule has 0 N–H and O–H groups in total. The van der Waals surface area contributed by atoms with Crippen LogP contribution >= 0.6 is 11.6 Å². The van der Waals surface area contributed by atoms with Crippen LogP contribution in [0.1, 0.15) is 37.9 Å².